The SMILES string of the molecule is NC(Cc1ccccc1)C(=O)Nc1ccccc1-c1ccc(NC(=O)CCCCCNC(=O)CS)cc1. The highest BCUT2D eigenvalue weighted by Crippen LogP contribution is 2.29. The van der Waals surface area contributed by atoms with E-state index in [1.54, 1.807) is 0 Å². The minimum atomic E-state index is -0.667. The molecule has 0 saturated carbocycles. The molecular formula is C29H34N4O3S. The Bertz CT molecular complexity index is 1170. The van der Waals surface area contributed by atoms with Crippen molar-refractivity contribution in [3.63, 3.8) is 0 Å². The van der Waals surface area contributed by atoms with Crippen LogP contribution in [0.25, 0.3) is 11.1 Å². The highest BCUT2D eigenvalue weighted by Gasteiger charge is 2.16. The average Bonchev–Trinajstić information content (AvgIpc) is 2.91. The van der Waals surface area contributed by atoms with Gasteiger partial charge in [-0.1, -0.05) is 67.1 Å². The molecule has 8 heteroatoms. The van der Waals surface area contributed by atoms with Crippen LogP contribution in [0.1, 0.15) is 31.2 Å². The fraction of sp³-hybridized carbons (Fsp3) is 0.276. The predicted molar refractivity (Wildman–Crippen MR) is 153 cm³/mol. The maximum absolute atomic E-state index is 12.8. The number of carbonyl (C=O) groups excluding carboxylic acids is 3. The first kappa shape index (κ1) is 28.0. The van der Waals surface area contributed by atoms with Crippen LogP contribution in [0.4, 0.5) is 11.4 Å². The zero-order valence-corrected chi connectivity index (χ0v) is 21.7. The summed E-state index contributed by atoms with van der Waals surface area (Å²) >= 11 is 3.91. The number of thiol groups is 1. The highest BCUT2D eigenvalue weighted by molar-refractivity contribution is 7.81. The Balaban J connectivity index is 1.51. The number of nitrogens with one attached hydrogen (secondary N) is 3. The first-order valence-corrected chi connectivity index (χ1v) is 13.1. The van der Waals surface area contributed by atoms with Gasteiger partial charge in [0.15, 0.2) is 0 Å². The molecule has 3 aromatic rings. The zero-order chi connectivity index (χ0) is 26.5. The standard InChI is InChI=1S/C29H34N4O3S/c30-25(19-21-9-3-1-4-10-21)29(36)33-26-12-7-6-11-24(26)22-14-16-23(17-15-22)32-27(34)13-5-2-8-18-31-28(35)20-37/h1,3-4,6-7,9-12,14-17,25,37H,2,5,8,13,18-20,30H2,(H,31,35)(H,32,34)(H,33,36). The van der Waals surface area contributed by atoms with Crippen LogP contribution in [0, 0.1) is 0 Å². The number of carbonyl (C=O) groups is 3. The maximum Gasteiger partial charge on any atom is 0.241 e. The summed E-state index contributed by atoms with van der Waals surface area (Å²) < 4.78 is 0. The van der Waals surface area contributed by atoms with Crippen LogP contribution >= 0.6 is 12.6 Å². The van der Waals surface area contributed by atoms with Gasteiger partial charge in [-0.05, 0) is 48.6 Å². The Kier molecular flexibility index (Phi) is 11.2. The lowest BCUT2D eigenvalue weighted by atomic mass is 10.0. The van der Waals surface area contributed by atoms with Crippen molar-refractivity contribution in [1.29, 1.82) is 0 Å². The molecule has 0 aliphatic rings. The average molecular weight is 519 g/mol. The van der Waals surface area contributed by atoms with Crippen molar-refractivity contribution in [2.75, 3.05) is 22.9 Å². The molecule has 0 heterocycles. The van der Waals surface area contributed by atoms with Gasteiger partial charge in [-0.15, -0.1) is 0 Å². The lowest BCUT2D eigenvalue weighted by molar-refractivity contribution is -0.119. The Labute approximate surface area is 223 Å². The summed E-state index contributed by atoms with van der Waals surface area (Å²) in [7, 11) is 0. The van der Waals surface area contributed by atoms with Gasteiger partial charge < -0.3 is 21.7 Å². The number of para-hydroxylation sites is 1. The van der Waals surface area contributed by atoms with Gasteiger partial charge in [-0.2, -0.15) is 12.6 Å². The van der Waals surface area contributed by atoms with E-state index in [1.165, 1.54) is 0 Å². The van der Waals surface area contributed by atoms with E-state index in [9.17, 15) is 14.4 Å². The number of unbranched alkanes of at least 4 members (excludes halogenated alkanes) is 2. The maximum atomic E-state index is 12.8. The molecule has 1 atom stereocenters. The second-order valence-corrected chi connectivity index (χ2v) is 9.09. The molecule has 0 aromatic heterocycles. The first-order valence-electron chi connectivity index (χ1n) is 12.4. The molecule has 3 rings (SSSR count). The Morgan fingerprint density at radius 2 is 1.49 bits per heavy atom. The molecule has 194 valence electrons. The minimum absolute atomic E-state index is 0.0489. The summed E-state index contributed by atoms with van der Waals surface area (Å²) in [6.45, 7) is 0.601. The summed E-state index contributed by atoms with van der Waals surface area (Å²) in [5.41, 5.74) is 10.3. The van der Waals surface area contributed by atoms with E-state index in [2.05, 4.69) is 28.6 Å². The molecule has 0 radical (unpaired) electrons. The molecule has 7 nitrogen and oxygen atoms in total. The fourth-order valence-corrected chi connectivity index (χ4v) is 3.97. The molecule has 1 unspecified atom stereocenters. The minimum Gasteiger partial charge on any atom is -0.355 e. The van der Waals surface area contributed by atoms with Crippen LogP contribution in [-0.4, -0.2) is 36.1 Å². The third kappa shape index (κ3) is 9.40. The van der Waals surface area contributed by atoms with Gasteiger partial charge >= 0.3 is 0 Å². The van der Waals surface area contributed by atoms with Crippen LogP contribution < -0.4 is 21.7 Å². The van der Waals surface area contributed by atoms with Gasteiger partial charge in [-0.3, -0.25) is 14.4 Å². The summed E-state index contributed by atoms with van der Waals surface area (Å²) in [6.07, 6.45) is 3.31. The lowest BCUT2D eigenvalue weighted by Gasteiger charge is -2.15. The van der Waals surface area contributed by atoms with Gasteiger partial charge in [-0.25, -0.2) is 0 Å². The highest BCUT2D eigenvalue weighted by atomic mass is 32.1. The number of hydrogen-bond acceptors (Lipinski definition) is 5. The van der Waals surface area contributed by atoms with Crippen molar-refractivity contribution < 1.29 is 14.4 Å². The van der Waals surface area contributed by atoms with E-state index in [4.69, 9.17) is 5.73 Å². The molecule has 5 N–H and O–H groups in total. The van der Waals surface area contributed by atoms with Crippen molar-refractivity contribution in [2.45, 2.75) is 38.1 Å². The number of benzene rings is 3. The van der Waals surface area contributed by atoms with E-state index in [0.29, 0.717) is 30.8 Å². The van der Waals surface area contributed by atoms with Gasteiger partial charge in [0, 0.05) is 29.9 Å². The quantitative estimate of drug-likeness (QED) is 0.170. The third-order valence-corrected chi connectivity index (χ3v) is 6.13. The van der Waals surface area contributed by atoms with E-state index in [0.717, 1.165) is 36.0 Å². The number of hydrogen-bond donors (Lipinski definition) is 5. The first-order chi connectivity index (χ1) is 18.0. The Hall–Kier alpha value is -3.62. The van der Waals surface area contributed by atoms with Crippen molar-refractivity contribution >= 4 is 41.7 Å². The van der Waals surface area contributed by atoms with Crippen molar-refractivity contribution in [1.82, 2.24) is 5.32 Å². The fourth-order valence-electron chi connectivity index (χ4n) is 3.86. The third-order valence-electron chi connectivity index (χ3n) is 5.85. The number of anilines is 2. The van der Waals surface area contributed by atoms with Crippen LogP contribution in [0.3, 0.4) is 0 Å². The van der Waals surface area contributed by atoms with Crippen LogP contribution in [0.2, 0.25) is 0 Å². The lowest BCUT2D eigenvalue weighted by Crippen LogP contribution is -2.37. The van der Waals surface area contributed by atoms with Crippen LogP contribution in [0.5, 0.6) is 0 Å². The molecule has 3 amide bonds. The second-order valence-electron chi connectivity index (χ2n) is 8.78. The van der Waals surface area contributed by atoms with Gasteiger partial charge in [0.2, 0.25) is 17.7 Å². The number of nitrogens with two attached hydrogens (primary N) is 1. The van der Waals surface area contributed by atoms with Gasteiger partial charge in [0.1, 0.15) is 0 Å². The number of amides is 3. The molecule has 37 heavy (non-hydrogen) atoms. The summed E-state index contributed by atoms with van der Waals surface area (Å²) in [5, 5.41) is 8.64. The summed E-state index contributed by atoms with van der Waals surface area (Å²) in [6, 6.07) is 24.1. The molecule has 0 fully saturated rings. The number of rotatable bonds is 13. The van der Waals surface area contributed by atoms with Crippen molar-refractivity contribution in [2.24, 2.45) is 5.73 Å². The Morgan fingerprint density at radius 3 is 2.22 bits per heavy atom. The van der Waals surface area contributed by atoms with E-state index < -0.39 is 6.04 Å². The largest absolute Gasteiger partial charge is 0.355 e. The van der Waals surface area contributed by atoms with Gasteiger partial charge in [0.05, 0.1) is 11.8 Å². The normalized spacial score (nSPS) is 11.4. The predicted octanol–water partition coefficient (Wildman–Crippen LogP) is 4.41. The van der Waals surface area contributed by atoms with Crippen LogP contribution in [0.15, 0.2) is 78.9 Å². The van der Waals surface area contributed by atoms with Crippen molar-refractivity contribution in [3.8, 4) is 11.1 Å². The molecule has 0 aliphatic heterocycles. The van der Waals surface area contributed by atoms with Crippen molar-refractivity contribution in [3.05, 3.63) is 84.4 Å². The molecular weight excluding hydrogens is 484 g/mol. The molecule has 3 aromatic carbocycles. The molecule has 0 aliphatic carbocycles. The monoisotopic (exact) mass is 518 g/mol. The Morgan fingerprint density at radius 1 is 0.784 bits per heavy atom. The van der Waals surface area contributed by atoms with Gasteiger partial charge in [0.25, 0.3) is 0 Å². The zero-order valence-electron chi connectivity index (χ0n) is 20.8. The second kappa shape index (κ2) is 14.8. The topological polar surface area (TPSA) is 113 Å². The van der Waals surface area contributed by atoms with E-state index in [1.807, 2.05) is 78.9 Å². The smallest absolute Gasteiger partial charge is 0.241 e. The van der Waals surface area contributed by atoms with Crippen LogP contribution in [-0.2, 0) is 20.8 Å². The van der Waals surface area contributed by atoms with E-state index in [-0.39, 0.29) is 23.5 Å². The van der Waals surface area contributed by atoms with E-state index >= 15 is 0 Å². The molecule has 0 bridgehead atoms. The molecule has 0 saturated heterocycles. The summed E-state index contributed by atoms with van der Waals surface area (Å²) in [5.74, 6) is -0.192. The molecule has 0 spiro atoms. The summed E-state index contributed by atoms with van der Waals surface area (Å²) in [4.78, 5) is 36.2.